The number of alkyl halides is 3. The molecule has 9 heteroatoms. The minimum absolute atomic E-state index is 0.00231. The lowest BCUT2D eigenvalue weighted by Gasteiger charge is -2.11. The Morgan fingerprint density at radius 1 is 1.00 bits per heavy atom. The summed E-state index contributed by atoms with van der Waals surface area (Å²) in [4.78, 5) is 11.5. The van der Waals surface area contributed by atoms with Crippen LogP contribution in [0.25, 0.3) is 0 Å². The van der Waals surface area contributed by atoms with Crippen molar-refractivity contribution >= 4 is 27.3 Å². The highest BCUT2D eigenvalue weighted by molar-refractivity contribution is 7.92. The summed E-state index contributed by atoms with van der Waals surface area (Å²) in [6.45, 7) is 0. The molecule has 1 fully saturated rings. The molecule has 1 amide bonds. The van der Waals surface area contributed by atoms with Crippen molar-refractivity contribution in [3.8, 4) is 0 Å². The molecular weight excluding hydrogens is 369 g/mol. The number of rotatable bonds is 5. The number of benzene rings is 2. The number of nitrogens with one attached hydrogen (secondary N) is 2. The van der Waals surface area contributed by atoms with E-state index in [2.05, 4.69) is 10.0 Å². The van der Waals surface area contributed by atoms with Gasteiger partial charge in [0.2, 0.25) is 5.91 Å². The molecule has 2 aromatic rings. The number of hydrogen-bond acceptors (Lipinski definition) is 3. The van der Waals surface area contributed by atoms with Gasteiger partial charge in [0, 0.05) is 11.6 Å². The average molecular weight is 384 g/mol. The summed E-state index contributed by atoms with van der Waals surface area (Å²) in [5, 5.41) is 2.70. The van der Waals surface area contributed by atoms with Gasteiger partial charge in [0.15, 0.2) is 0 Å². The van der Waals surface area contributed by atoms with Crippen molar-refractivity contribution in [3.05, 3.63) is 54.1 Å². The molecule has 0 aliphatic heterocycles. The first-order valence-electron chi connectivity index (χ1n) is 7.76. The van der Waals surface area contributed by atoms with E-state index in [-0.39, 0.29) is 22.4 Å². The normalized spacial score (nSPS) is 14.7. The smallest absolute Gasteiger partial charge is 0.326 e. The monoisotopic (exact) mass is 384 g/mol. The number of anilines is 2. The molecule has 5 nitrogen and oxygen atoms in total. The maximum atomic E-state index is 12.6. The number of carbonyl (C=O) groups is 1. The summed E-state index contributed by atoms with van der Waals surface area (Å²) in [5.41, 5.74) is -0.297. The van der Waals surface area contributed by atoms with Gasteiger partial charge in [-0.3, -0.25) is 9.52 Å². The zero-order valence-electron chi connectivity index (χ0n) is 13.4. The minimum Gasteiger partial charge on any atom is -0.326 e. The highest BCUT2D eigenvalue weighted by Gasteiger charge is 2.31. The van der Waals surface area contributed by atoms with Gasteiger partial charge in [-0.25, -0.2) is 8.42 Å². The van der Waals surface area contributed by atoms with Gasteiger partial charge in [0.05, 0.1) is 16.1 Å². The molecule has 0 unspecified atom stereocenters. The summed E-state index contributed by atoms with van der Waals surface area (Å²) in [6.07, 6.45) is -2.86. The summed E-state index contributed by atoms with van der Waals surface area (Å²) < 4.78 is 64.7. The van der Waals surface area contributed by atoms with Crippen LogP contribution in [0.2, 0.25) is 0 Å². The van der Waals surface area contributed by atoms with Gasteiger partial charge in [-0.1, -0.05) is 6.07 Å². The van der Waals surface area contributed by atoms with Gasteiger partial charge in [0.1, 0.15) is 0 Å². The highest BCUT2D eigenvalue weighted by atomic mass is 32.2. The second-order valence-corrected chi connectivity index (χ2v) is 7.65. The third-order valence-corrected chi connectivity index (χ3v) is 5.22. The Kier molecular flexibility index (Phi) is 4.66. The van der Waals surface area contributed by atoms with Crippen LogP contribution in [0.15, 0.2) is 53.4 Å². The molecule has 0 bridgehead atoms. The molecule has 0 saturated heterocycles. The molecular formula is C17H15F3N2O3S. The fraction of sp³-hybridized carbons (Fsp3) is 0.235. The fourth-order valence-corrected chi connectivity index (χ4v) is 3.34. The van der Waals surface area contributed by atoms with Crippen LogP contribution in [0.3, 0.4) is 0 Å². The summed E-state index contributed by atoms with van der Waals surface area (Å²) in [7, 11) is -4.05. The number of sulfonamides is 1. The highest BCUT2D eigenvalue weighted by Crippen LogP contribution is 2.31. The first kappa shape index (κ1) is 18.2. The Bertz CT molecular complexity index is 921. The van der Waals surface area contributed by atoms with E-state index in [1.54, 1.807) is 12.1 Å². The van der Waals surface area contributed by atoms with E-state index in [4.69, 9.17) is 0 Å². The van der Waals surface area contributed by atoms with E-state index in [0.29, 0.717) is 17.8 Å². The topological polar surface area (TPSA) is 75.3 Å². The number of hydrogen-bond donors (Lipinski definition) is 2. The van der Waals surface area contributed by atoms with Crippen LogP contribution in [-0.4, -0.2) is 14.3 Å². The van der Waals surface area contributed by atoms with Gasteiger partial charge in [-0.15, -0.1) is 0 Å². The Morgan fingerprint density at radius 2 is 1.62 bits per heavy atom. The van der Waals surface area contributed by atoms with Crippen LogP contribution in [0.5, 0.6) is 0 Å². The van der Waals surface area contributed by atoms with E-state index in [1.807, 2.05) is 0 Å². The predicted octanol–water partition coefficient (Wildman–Crippen LogP) is 3.85. The average Bonchev–Trinajstić information content (AvgIpc) is 3.39. The largest absolute Gasteiger partial charge is 0.416 e. The zero-order valence-corrected chi connectivity index (χ0v) is 14.2. The van der Waals surface area contributed by atoms with Gasteiger partial charge in [0.25, 0.3) is 10.0 Å². The number of amides is 1. The quantitative estimate of drug-likeness (QED) is 0.822. The van der Waals surface area contributed by atoms with Crippen LogP contribution < -0.4 is 10.0 Å². The van der Waals surface area contributed by atoms with Gasteiger partial charge in [-0.05, 0) is 55.3 Å². The molecule has 2 aromatic carbocycles. The number of halogens is 3. The summed E-state index contributed by atoms with van der Waals surface area (Å²) >= 11 is 0. The predicted molar refractivity (Wildman–Crippen MR) is 90.0 cm³/mol. The number of carbonyl (C=O) groups excluding carboxylic acids is 1. The van der Waals surface area contributed by atoms with Crippen molar-refractivity contribution in [1.29, 1.82) is 0 Å². The Labute approximate surface area is 148 Å². The van der Waals surface area contributed by atoms with Crippen LogP contribution in [0.4, 0.5) is 24.5 Å². The first-order chi connectivity index (χ1) is 12.1. The molecule has 3 rings (SSSR count). The van der Waals surface area contributed by atoms with Crippen molar-refractivity contribution in [2.24, 2.45) is 5.92 Å². The lowest BCUT2D eigenvalue weighted by Crippen LogP contribution is -2.15. The lowest BCUT2D eigenvalue weighted by molar-refractivity contribution is -0.137. The van der Waals surface area contributed by atoms with Crippen molar-refractivity contribution in [1.82, 2.24) is 0 Å². The van der Waals surface area contributed by atoms with Gasteiger partial charge < -0.3 is 5.32 Å². The molecule has 0 heterocycles. The second-order valence-electron chi connectivity index (χ2n) is 5.97. The molecule has 26 heavy (non-hydrogen) atoms. The van der Waals surface area contributed by atoms with Crippen molar-refractivity contribution < 1.29 is 26.4 Å². The maximum Gasteiger partial charge on any atom is 0.416 e. The summed E-state index contributed by atoms with van der Waals surface area (Å²) in [6, 6.07) is 9.31. The maximum absolute atomic E-state index is 12.6. The Morgan fingerprint density at radius 3 is 2.19 bits per heavy atom. The molecule has 0 radical (unpaired) electrons. The van der Waals surface area contributed by atoms with E-state index < -0.39 is 21.8 Å². The molecule has 0 aromatic heterocycles. The van der Waals surface area contributed by atoms with Crippen molar-refractivity contribution in [2.75, 3.05) is 10.0 Å². The zero-order chi connectivity index (χ0) is 18.9. The van der Waals surface area contributed by atoms with Gasteiger partial charge in [-0.2, -0.15) is 13.2 Å². The van der Waals surface area contributed by atoms with Crippen LogP contribution in [-0.2, 0) is 21.0 Å². The van der Waals surface area contributed by atoms with Crippen LogP contribution in [0, 0.1) is 5.92 Å². The molecule has 0 atom stereocenters. The third-order valence-electron chi connectivity index (χ3n) is 3.82. The Balaban J connectivity index is 1.75. The molecule has 138 valence electrons. The van der Waals surface area contributed by atoms with E-state index in [0.717, 1.165) is 25.0 Å². The van der Waals surface area contributed by atoms with E-state index in [1.165, 1.54) is 12.1 Å². The first-order valence-corrected chi connectivity index (χ1v) is 9.24. The molecule has 2 N–H and O–H groups in total. The van der Waals surface area contributed by atoms with Crippen molar-refractivity contribution in [3.63, 3.8) is 0 Å². The van der Waals surface area contributed by atoms with Crippen LogP contribution >= 0.6 is 0 Å². The molecule has 1 aliphatic rings. The lowest BCUT2D eigenvalue weighted by atomic mass is 10.2. The minimum atomic E-state index is -4.54. The standard InChI is InChI=1S/C17H15F3N2O3S/c18-17(19,20)12-6-8-15(9-7-12)26(24,25)22-14-3-1-2-13(10-14)21-16(23)11-4-5-11/h1-3,6-11,22H,4-5H2,(H,21,23). The SMILES string of the molecule is O=C(Nc1cccc(NS(=O)(=O)c2ccc(C(F)(F)F)cc2)c1)C1CC1. The molecule has 0 spiro atoms. The van der Waals surface area contributed by atoms with Crippen LogP contribution in [0.1, 0.15) is 18.4 Å². The Hall–Kier alpha value is -2.55. The third kappa shape index (κ3) is 4.34. The van der Waals surface area contributed by atoms with Gasteiger partial charge >= 0.3 is 6.18 Å². The van der Waals surface area contributed by atoms with E-state index >= 15 is 0 Å². The molecule has 1 saturated carbocycles. The fourth-order valence-electron chi connectivity index (χ4n) is 2.29. The molecule has 1 aliphatic carbocycles. The summed E-state index contributed by atoms with van der Waals surface area (Å²) in [5.74, 6) is -0.116. The second kappa shape index (κ2) is 6.64. The van der Waals surface area contributed by atoms with Crippen molar-refractivity contribution in [2.45, 2.75) is 23.9 Å². The van der Waals surface area contributed by atoms with E-state index in [9.17, 15) is 26.4 Å².